The van der Waals surface area contributed by atoms with Crippen molar-refractivity contribution in [2.24, 2.45) is 5.73 Å². The fraction of sp³-hybridized carbons (Fsp3) is 0.263. The van der Waals surface area contributed by atoms with Gasteiger partial charge >= 0.3 is 0 Å². The predicted octanol–water partition coefficient (Wildman–Crippen LogP) is 2.67. The molecule has 0 aromatic heterocycles. The summed E-state index contributed by atoms with van der Waals surface area (Å²) >= 11 is 2.30. The van der Waals surface area contributed by atoms with Gasteiger partial charge in [0.2, 0.25) is 0 Å². The molecule has 0 radical (unpaired) electrons. The third-order valence-electron chi connectivity index (χ3n) is 4.67. The largest absolute Gasteiger partial charge is 0.338 e. The molecule has 2 aromatic carbocycles. The maximum atomic E-state index is 12.6. The van der Waals surface area contributed by atoms with Crippen molar-refractivity contribution >= 4 is 34.5 Å². The first-order valence-electron chi connectivity index (χ1n) is 8.11. The molecule has 1 aliphatic heterocycles. The van der Waals surface area contributed by atoms with Crippen molar-refractivity contribution < 1.29 is 4.79 Å². The fourth-order valence-corrected chi connectivity index (χ4v) is 3.69. The standard InChI is InChI=1S/C19H21IN4O/c1-19(17(25)24(2)18(22)23-19)14-5-3-4-13(10-14)16-11-15(20)7-6-12(16)8-9-21/h3-7,10-11H,8-9,21H2,1-2H3,(H2,22,23). The van der Waals surface area contributed by atoms with Crippen LogP contribution in [0.15, 0.2) is 42.5 Å². The van der Waals surface area contributed by atoms with Crippen LogP contribution in [0.2, 0.25) is 0 Å². The number of nitrogens with one attached hydrogen (secondary N) is 2. The van der Waals surface area contributed by atoms with E-state index in [0.29, 0.717) is 6.54 Å². The second-order valence-electron chi connectivity index (χ2n) is 6.38. The average molecular weight is 448 g/mol. The number of nitrogens with zero attached hydrogens (tertiary/aromatic N) is 1. The van der Waals surface area contributed by atoms with Crippen LogP contribution >= 0.6 is 22.6 Å². The molecule has 1 heterocycles. The highest BCUT2D eigenvalue weighted by Gasteiger charge is 2.45. The zero-order chi connectivity index (χ0) is 18.2. The Morgan fingerprint density at radius 1 is 1.28 bits per heavy atom. The highest BCUT2D eigenvalue weighted by Crippen LogP contribution is 2.32. The molecule has 4 N–H and O–H groups in total. The van der Waals surface area contributed by atoms with Gasteiger partial charge in [0, 0.05) is 10.6 Å². The summed E-state index contributed by atoms with van der Waals surface area (Å²) in [4.78, 5) is 14.0. The van der Waals surface area contributed by atoms with Gasteiger partial charge in [-0.3, -0.25) is 15.1 Å². The lowest BCUT2D eigenvalue weighted by molar-refractivity contribution is -0.129. The fourth-order valence-electron chi connectivity index (χ4n) is 3.20. The summed E-state index contributed by atoms with van der Waals surface area (Å²) in [5.41, 5.74) is 9.07. The first-order chi connectivity index (χ1) is 11.9. The second kappa shape index (κ2) is 6.76. The van der Waals surface area contributed by atoms with Gasteiger partial charge in [-0.05, 0) is 82.9 Å². The molecule has 0 aliphatic carbocycles. The summed E-state index contributed by atoms with van der Waals surface area (Å²) in [7, 11) is 1.62. The molecule has 1 fully saturated rings. The van der Waals surface area contributed by atoms with E-state index in [0.717, 1.165) is 26.7 Å². The zero-order valence-corrected chi connectivity index (χ0v) is 16.4. The Labute approximate surface area is 161 Å². The summed E-state index contributed by atoms with van der Waals surface area (Å²) in [5, 5.41) is 10.9. The number of carbonyl (C=O) groups excluding carboxylic acids is 1. The topological polar surface area (TPSA) is 82.2 Å². The maximum Gasteiger partial charge on any atom is 0.259 e. The minimum absolute atomic E-state index is 0.121. The molecule has 3 rings (SSSR count). The highest BCUT2D eigenvalue weighted by molar-refractivity contribution is 14.1. The molecule has 1 unspecified atom stereocenters. The van der Waals surface area contributed by atoms with Crippen LogP contribution in [0, 0.1) is 8.98 Å². The number of hydrogen-bond acceptors (Lipinski definition) is 3. The lowest BCUT2D eigenvalue weighted by Crippen LogP contribution is -2.40. The third kappa shape index (κ3) is 3.16. The normalized spacial score (nSPS) is 20.1. The minimum atomic E-state index is -0.919. The summed E-state index contributed by atoms with van der Waals surface area (Å²) in [6.45, 7) is 2.41. The van der Waals surface area contributed by atoms with Gasteiger partial charge in [-0.15, -0.1) is 0 Å². The molecule has 5 nitrogen and oxygen atoms in total. The predicted molar refractivity (Wildman–Crippen MR) is 108 cm³/mol. The first kappa shape index (κ1) is 17.9. The Hall–Kier alpha value is -1.93. The van der Waals surface area contributed by atoms with Crippen molar-refractivity contribution in [3.8, 4) is 11.1 Å². The molecule has 0 spiro atoms. The van der Waals surface area contributed by atoms with Gasteiger partial charge in [-0.2, -0.15) is 0 Å². The van der Waals surface area contributed by atoms with Crippen LogP contribution in [0.3, 0.4) is 0 Å². The number of guanidine groups is 1. The van der Waals surface area contributed by atoms with Crippen molar-refractivity contribution in [2.45, 2.75) is 18.9 Å². The SMILES string of the molecule is CN1C(=N)NC(C)(c2cccc(-c3cc(I)ccc3CCN)c2)C1=O. The molecule has 1 amide bonds. The number of carbonyl (C=O) groups is 1. The molecular weight excluding hydrogens is 427 g/mol. The Balaban J connectivity index is 2.08. The van der Waals surface area contributed by atoms with Crippen molar-refractivity contribution in [2.75, 3.05) is 13.6 Å². The lowest BCUT2D eigenvalue weighted by atomic mass is 9.88. The van der Waals surface area contributed by atoms with E-state index in [9.17, 15) is 4.79 Å². The molecule has 1 aliphatic rings. The van der Waals surface area contributed by atoms with E-state index in [2.05, 4.69) is 46.1 Å². The number of rotatable bonds is 4. The van der Waals surface area contributed by atoms with E-state index in [1.165, 1.54) is 10.5 Å². The number of nitrogens with two attached hydrogens (primary N) is 1. The van der Waals surface area contributed by atoms with E-state index < -0.39 is 5.54 Å². The first-order valence-corrected chi connectivity index (χ1v) is 9.19. The van der Waals surface area contributed by atoms with Crippen molar-refractivity contribution in [1.82, 2.24) is 10.2 Å². The number of amides is 1. The van der Waals surface area contributed by atoms with Gasteiger partial charge in [-0.1, -0.05) is 24.3 Å². The van der Waals surface area contributed by atoms with Gasteiger partial charge in [0.15, 0.2) is 5.96 Å². The van der Waals surface area contributed by atoms with Gasteiger partial charge in [0.1, 0.15) is 5.54 Å². The van der Waals surface area contributed by atoms with Crippen LogP contribution in [0.25, 0.3) is 11.1 Å². The third-order valence-corrected chi connectivity index (χ3v) is 5.34. The Morgan fingerprint density at radius 3 is 2.68 bits per heavy atom. The molecular formula is C19H21IN4O. The van der Waals surface area contributed by atoms with Crippen LogP contribution in [0.4, 0.5) is 0 Å². The lowest BCUT2D eigenvalue weighted by Gasteiger charge is -2.23. The van der Waals surface area contributed by atoms with E-state index in [4.69, 9.17) is 11.1 Å². The molecule has 130 valence electrons. The van der Waals surface area contributed by atoms with E-state index in [1.807, 2.05) is 31.2 Å². The van der Waals surface area contributed by atoms with Crippen LogP contribution in [-0.4, -0.2) is 30.4 Å². The second-order valence-corrected chi connectivity index (χ2v) is 7.63. The van der Waals surface area contributed by atoms with Gasteiger partial charge in [0.05, 0.1) is 0 Å². The molecule has 1 saturated heterocycles. The van der Waals surface area contributed by atoms with Crippen molar-refractivity contribution in [3.05, 3.63) is 57.2 Å². The van der Waals surface area contributed by atoms with Crippen LogP contribution in [0.5, 0.6) is 0 Å². The number of likely N-dealkylation sites (N-methyl/N-ethyl adjacent to an activating group) is 1. The monoisotopic (exact) mass is 448 g/mol. The molecule has 6 heteroatoms. The summed E-state index contributed by atoms with van der Waals surface area (Å²) in [6, 6.07) is 14.3. The number of hydrogen-bond donors (Lipinski definition) is 3. The van der Waals surface area contributed by atoms with Crippen LogP contribution in [-0.2, 0) is 16.8 Å². The number of benzene rings is 2. The maximum absolute atomic E-state index is 12.6. The van der Waals surface area contributed by atoms with Crippen molar-refractivity contribution in [3.63, 3.8) is 0 Å². The smallest absolute Gasteiger partial charge is 0.259 e. The zero-order valence-electron chi connectivity index (χ0n) is 14.3. The average Bonchev–Trinajstić information content (AvgIpc) is 2.81. The summed E-state index contributed by atoms with van der Waals surface area (Å²) in [5.74, 6) is -0.00421. The Kier molecular flexibility index (Phi) is 4.83. The quantitative estimate of drug-likeness (QED) is 0.630. The van der Waals surface area contributed by atoms with Gasteiger partial charge in [-0.25, -0.2) is 0 Å². The van der Waals surface area contributed by atoms with E-state index >= 15 is 0 Å². The van der Waals surface area contributed by atoms with Crippen LogP contribution < -0.4 is 11.1 Å². The molecule has 0 bridgehead atoms. The van der Waals surface area contributed by atoms with Gasteiger partial charge < -0.3 is 11.1 Å². The van der Waals surface area contributed by atoms with E-state index in [1.54, 1.807) is 7.05 Å². The molecule has 1 atom stereocenters. The Bertz CT molecular complexity index is 851. The summed E-state index contributed by atoms with van der Waals surface area (Å²) in [6.07, 6.45) is 0.804. The molecule has 2 aromatic rings. The van der Waals surface area contributed by atoms with Gasteiger partial charge in [0.25, 0.3) is 5.91 Å². The Morgan fingerprint density at radius 2 is 2.04 bits per heavy atom. The highest BCUT2D eigenvalue weighted by atomic mass is 127. The molecule has 25 heavy (non-hydrogen) atoms. The van der Waals surface area contributed by atoms with Crippen LogP contribution in [0.1, 0.15) is 18.1 Å². The molecule has 0 saturated carbocycles. The minimum Gasteiger partial charge on any atom is -0.338 e. The van der Waals surface area contributed by atoms with E-state index in [-0.39, 0.29) is 11.9 Å². The number of halogens is 1. The summed E-state index contributed by atoms with van der Waals surface area (Å²) < 4.78 is 1.15. The van der Waals surface area contributed by atoms with Crippen molar-refractivity contribution in [1.29, 1.82) is 5.41 Å².